The molecule has 0 aliphatic rings. The molecule has 0 radical (unpaired) electrons. The minimum Gasteiger partial charge on any atom is -0.397 e. The number of hydrogen-bond acceptors (Lipinski definition) is 5. The maximum Gasteiger partial charge on any atom is 0.138 e. The highest BCUT2D eigenvalue weighted by molar-refractivity contribution is 8.04. The van der Waals surface area contributed by atoms with Gasteiger partial charge in [-0.25, -0.2) is 0 Å². The summed E-state index contributed by atoms with van der Waals surface area (Å²) >= 11 is 2.10. The van der Waals surface area contributed by atoms with Crippen LogP contribution >= 0.6 is 23.5 Å². The molecule has 0 spiro atoms. The van der Waals surface area contributed by atoms with Crippen molar-refractivity contribution in [2.24, 2.45) is 0 Å². The maximum atomic E-state index is 8.78. The van der Waals surface area contributed by atoms with Gasteiger partial charge >= 0.3 is 0 Å². The standard InChI is InChI=1S/C12H7N3S2/c13-6-16-10-5-11(17-7-14)12(15)9-4-2-1-3-8(9)10/h1-5H,15H2. The van der Waals surface area contributed by atoms with Gasteiger partial charge in [0.1, 0.15) is 10.8 Å². The van der Waals surface area contributed by atoms with Crippen molar-refractivity contribution in [3.8, 4) is 10.8 Å². The molecule has 3 nitrogen and oxygen atoms in total. The molecule has 0 aromatic heterocycles. The molecule has 0 amide bonds. The lowest BCUT2D eigenvalue weighted by Gasteiger charge is -2.09. The van der Waals surface area contributed by atoms with Gasteiger partial charge in [0.25, 0.3) is 0 Å². The van der Waals surface area contributed by atoms with Gasteiger partial charge < -0.3 is 5.73 Å². The summed E-state index contributed by atoms with van der Waals surface area (Å²) in [5.74, 6) is 0. The van der Waals surface area contributed by atoms with E-state index in [0.717, 1.165) is 39.2 Å². The number of thiocyanates is 2. The summed E-state index contributed by atoms with van der Waals surface area (Å²) in [6.45, 7) is 0. The minimum absolute atomic E-state index is 0.592. The van der Waals surface area contributed by atoms with E-state index < -0.39 is 0 Å². The minimum atomic E-state index is 0.592. The summed E-state index contributed by atoms with van der Waals surface area (Å²) in [4.78, 5) is 1.53. The van der Waals surface area contributed by atoms with Gasteiger partial charge in [-0.3, -0.25) is 0 Å². The summed E-state index contributed by atoms with van der Waals surface area (Å²) < 4.78 is 0. The summed E-state index contributed by atoms with van der Waals surface area (Å²) in [7, 11) is 0. The number of fused-ring (bicyclic) bond motifs is 1. The van der Waals surface area contributed by atoms with Crippen LogP contribution in [0, 0.1) is 21.3 Å². The molecule has 0 fully saturated rings. The van der Waals surface area contributed by atoms with E-state index >= 15 is 0 Å². The van der Waals surface area contributed by atoms with Crippen LogP contribution in [0.15, 0.2) is 40.1 Å². The first-order valence-electron chi connectivity index (χ1n) is 4.71. The highest BCUT2D eigenvalue weighted by Crippen LogP contribution is 2.37. The zero-order chi connectivity index (χ0) is 12.3. The number of benzene rings is 2. The number of nitrogen functional groups attached to an aromatic ring is 1. The molecule has 0 aliphatic carbocycles. The average Bonchev–Trinajstić information content (AvgIpc) is 2.36. The molecule has 0 atom stereocenters. The first-order chi connectivity index (χ1) is 8.27. The largest absolute Gasteiger partial charge is 0.397 e. The van der Waals surface area contributed by atoms with Crippen LogP contribution in [0.4, 0.5) is 5.69 Å². The van der Waals surface area contributed by atoms with E-state index in [1.165, 1.54) is 0 Å². The van der Waals surface area contributed by atoms with Crippen LogP contribution in [0.3, 0.4) is 0 Å². The first-order valence-corrected chi connectivity index (χ1v) is 6.34. The average molecular weight is 257 g/mol. The van der Waals surface area contributed by atoms with E-state index in [4.69, 9.17) is 16.3 Å². The van der Waals surface area contributed by atoms with E-state index in [0.29, 0.717) is 10.6 Å². The van der Waals surface area contributed by atoms with Crippen LogP contribution in [0.25, 0.3) is 10.8 Å². The normalized spacial score (nSPS) is 9.76. The fourth-order valence-corrected chi connectivity index (χ4v) is 2.74. The third-order valence-electron chi connectivity index (χ3n) is 2.32. The summed E-state index contributed by atoms with van der Waals surface area (Å²) in [5.41, 5.74) is 6.60. The number of nitrogens with zero attached hydrogens (tertiary/aromatic N) is 2. The van der Waals surface area contributed by atoms with Gasteiger partial charge in [0.05, 0.1) is 5.69 Å². The van der Waals surface area contributed by atoms with E-state index in [1.54, 1.807) is 6.07 Å². The van der Waals surface area contributed by atoms with Crippen molar-refractivity contribution in [3.63, 3.8) is 0 Å². The van der Waals surface area contributed by atoms with Crippen molar-refractivity contribution in [3.05, 3.63) is 30.3 Å². The molecule has 2 aromatic rings. The van der Waals surface area contributed by atoms with Gasteiger partial charge in [0.15, 0.2) is 0 Å². The fourth-order valence-electron chi connectivity index (χ4n) is 1.61. The summed E-state index contributed by atoms with van der Waals surface area (Å²) in [5, 5.41) is 23.4. The van der Waals surface area contributed by atoms with Crippen LogP contribution in [0.5, 0.6) is 0 Å². The monoisotopic (exact) mass is 257 g/mol. The van der Waals surface area contributed by atoms with E-state index in [-0.39, 0.29) is 0 Å². The molecule has 2 rings (SSSR count). The van der Waals surface area contributed by atoms with Gasteiger partial charge in [-0.1, -0.05) is 24.3 Å². The highest BCUT2D eigenvalue weighted by atomic mass is 32.2. The predicted molar refractivity (Wildman–Crippen MR) is 71.3 cm³/mol. The third kappa shape index (κ3) is 2.16. The summed E-state index contributed by atoms with van der Waals surface area (Å²) in [6.07, 6.45) is 0. The zero-order valence-corrected chi connectivity index (χ0v) is 10.3. The Balaban J connectivity index is 2.77. The topological polar surface area (TPSA) is 73.6 Å². The fraction of sp³-hybridized carbons (Fsp3) is 0. The Kier molecular flexibility index (Phi) is 3.43. The molecule has 0 heterocycles. The van der Waals surface area contributed by atoms with Crippen molar-refractivity contribution in [2.75, 3.05) is 5.73 Å². The molecule has 2 aromatic carbocycles. The number of nitrogens with two attached hydrogens (primary N) is 1. The quantitative estimate of drug-likeness (QED) is 0.506. The molecule has 0 saturated heterocycles. The highest BCUT2D eigenvalue weighted by Gasteiger charge is 2.10. The Labute approximate surface area is 107 Å². The lowest BCUT2D eigenvalue weighted by molar-refractivity contribution is 1.40. The van der Waals surface area contributed by atoms with Crippen molar-refractivity contribution < 1.29 is 0 Å². The lowest BCUT2D eigenvalue weighted by Crippen LogP contribution is -1.91. The molecule has 2 N–H and O–H groups in total. The van der Waals surface area contributed by atoms with Crippen LogP contribution < -0.4 is 5.73 Å². The second-order valence-electron chi connectivity index (χ2n) is 3.22. The molecule has 82 valence electrons. The first kappa shape index (κ1) is 11.7. The Hall–Kier alpha value is -1.82. The smallest absolute Gasteiger partial charge is 0.138 e. The Morgan fingerprint density at radius 3 is 2.18 bits per heavy atom. The predicted octanol–water partition coefficient (Wildman–Crippen LogP) is 3.57. The van der Waals surface area contributed by atoms with Gasteiger partial charge in [-0.15, -0.1) is 0 Å². The molecular weight excluding hydrogens is 250 g/mol. The van der Waals surface area contributed by atoms with E-state index in [9.17, 15) is 0 Å². The van der Waals surface area contributed by atoms with Crippen LogP contribution in [0.2, 0.25) is 0 Å². The van der Waals surface area contributed by atoms with Crippen molar-refractivity contribution >= 4 is 40.0 Å². The Morgan fingerprint density at radius 2 is 1.53 bits per heavy atom. The molecule has 5 heteroatoms. The van der Waals surface area contributed by atoms with Crippen molar-refractivity contribution in [2.45, 2.75) is 9.79 Å². The molecule has 0 aliphatic heterocycles. The number of rotatable bonds is 2. The molecule has 0 saturated carbocycles. The second-order valence-corrected chi connectivity index (χ2v) is 4.87. The molecular formula is C12H7N3S2. The van der Waals surface area contributed by atoms with Gasteiger partial charge in [-0.2, -0.15) is 10.5 Å². The Bertz CT molecular complexity index is 653. The second kappa shape index (κ2) is 5.01. The SMILES string of the molecule is N#CSc1cc(SC#N)c2ccccc2c1N. The van der Waals surface area contributed by atoms with Crippen LogP contribution in [-0.2, 0) is 0 Å². The zero-order valence-electron chi connectivity index (χ0n) is 8.68. The van der Waals surface area contributed by atoms with Gasteiger partial charge in [0.2, 0.25) is 0 Å². The number of anilines is 1. The number of nitriles is 2. The molecule has 0 unspecified atom stereocenters. The molecule has 17 heavy (non-hydrogen) atoms. The van der Waals surface area contributed by atoms with Gasteiger partial charge in [0, 0.05) is 15.2 Å². The van der Waals surface area contributed by atoms with Crippen molar-refractivity contribution in [1.82, 2.24) is 0 Å². The Morgan fingerprint density at radius 1 is 0.941 bits per heavy atom. The van der Waals surface area contributed by atoms with Crippen LogP contribution in [0.1, 0.15) is 0 Å². The van der Waals surface area contributed by atoms with Gasteiger partial charge in [-0.05, 0) is 35.0 Å². The molecule has 0 bridgehead atoms. The number of hydrogen-bond donors (Lipinski definition) is 1. The third-order valence-corrected chi connectivity index (χ3v) is 3.62. The van der Waals surface area contributed by atoms with Crippen molar-refractivity contribution in [1.29, 1.82) is 10.5 Å². The van der Waals surface area contributed by atoms with E-state index in [2.05, 4.69) is 0 Å². The lowest BCUT2D eigenvalue weighted by atomic mass is 10.1. The van der Waals surface area contributed by atoms with E-state index in [1.807, 2.05) is 35.1 Å². The number of thioether (sulfide) groups is 2. The van der Waals surface area contributed by atoms with Crippen LogP contribution in [-0.4, -0.2) is 0 Å². The summed E-state index contributed by atoms with van der Waals surface area (Å²) in [6, 6.07) is 9.40. The maximum absolute atomic E-state index is 8.78.